The molecule has 0 aliphatic carbocycles. The molecule has 2 aliphatic rings. The molecule has 0 saturated carbocycles. The van der Waals surface area contributed by atoms with Crippen LogP contribution < -0.4 is 14.2 Å². The lowest BCUT2D eigenvalue weighted by Gasteiger charge is -2.23. The van der Waals surface area contributed by atoms with Gasteiger partial charge in [-0.1, -0.05) is 24.3 Å². The van der Waals surface area contributed by atoms with Gasteiger partial charge in [-0.2, -0.15) is 0 Å². The molecule has 2 aromatic carbocycles. The largest absolute Gasteiger partial charge is 0.492 e. The summed E-state index contributed by atoms with van der Waals surface area (Å²) in [6.45, 7) is 0.808. The molecule has 23 heavy (non-hydrogen) atoms. The van der Waals surface area contributed by atoms with E-state index in [1.807, 2.05) is 42.5 Å². The second-order valence-corrected chi connectivity index (χ2v) is 5.62. The van der Waals surface area contributed by atoms with Gasteiger partial charge in [-0.15, -0.1) is 0 Å². The van der Waals surface area contributed by atoms with E-state index >= 15 is 0 Å². The number of fused-ring (bicyclic) bond motifs is 2. The second kappa shape index (κ2) is 5.83. The number of benzene rings is 2. The first-order chi connectivity index (χ1) is 11.3. The third-order valence-corrected chi connectivity index (χ3v) is 4.03. The third kappa shape index (κ3) is 2.82. The van der Waals surface area contributed by atoms with Crippen molar-refractivity contribution in [3.05, 3.63) is 53.6 Å². The molecule has 0 aromatic heterocycles. The van der Waals surface area contributed by atoms with Crippen molar-refractivity contribution in [1.29, 1.82) is 0 Å². The Balaban J connectivity index is 1.37. The fourth-order valence-electron chi connectivity index (χ4n) is 2.78. The van der Waals surface area contributed by atoms with Crippen molar-refractivity contribution in [2.24, 2.45) is 5.92 Å². The Morgan fingerprint density at radius 1 is 1.04 bits per heavy atom. The highest BCUT2D eigenvalue weighted by Gasteiger charge is 2.27. The van der Waals surface area contributed by atoms with Gasteiger partial charge < -0.3 is 18.9 Å². The zero-order valence-corrected chi connectivity index (χ0v) is 12.5. The molecule has 0 N–H and O–H groups in total. The summed E-state index contributed by atoms with van der Waals surface area (Å²) in [7, 11) is 0. The molecular formula is C18H16O5. The van der Waals surface area contributed by atoms with Gasteiger partial charge in [0.1, 0.15) is 19.0 Å². The molecule has 0 amide bonds. The normalized spacial score (nSPS) is 18.0. The van der Waals surface area contributed by atoms with Gasteiger partial charge in [-0.3, -0.25) is 4.79 Å². The molecule has 0 fully saturated rings. The molecule has 1 atom stereocenters. The predicted octanol–water partition coefficient (Wildman–Crippen LogP) is 2.71. The first-order valence-electron chi connectivity index (χ1n) is 7.55. The average molecular weight is 312 g/mol. The molecule has 0 saturated heterocycles. The summed E-state index contributed by atoms with van der Waals surface area (Å²) in [5.74, 6) is 1.76. The molecule has 118 valence electrons. The summed E-state index contributed by atoms with van der Waals surface area (Å²) in [4.78, 5) is 12.3. The van der Waals surface area contributed by atoms with Crippen molar-refractivity contribution in [1.82, 2.24) is 0 Å². The Morgan fingerprint density at radius 3 is 2.87 bits per heavy atom. The van der Waals surface area contributed by atoms with E-state index in [-0.39, 0.29) is 25.3 Å². The van der Waals surface area contributed by atoms with Crippen molar-refractivity contribution >= 4 is 5.97 Å². The maximum absolute atomic E-state index is 12.3. The smallest absolute Gasteiger partial charge is 0.313 e. The lowest BCUT2D eigenvalue weighted by Crippen LogP contribution is -2.29. The van der Waals surface area contributed by atoms with Crippen LogP contribution in [0.1, 0.15) is 11.1 Å². The number of ether oxygens (including phenoxy) is 4. The van der Waals surface area contributed by atoms with E-state index in [1.54, 1.807) is 0 Å². The molecule has 5 nitrogen and oxygen atoms in total. The number of esters is 1. The number of hydrogen-bond acceptors (Lipinski definition) is 5. The molecule has 2 aromatic rings. The number of hydrogen-bond donors (Lipinski definition) is 0. The summed E-state index contributed by atoms with van der Waals surface area (Å²) >= 11 is 0. The quantitative estimate of drug-likeness (QED) is 0.816. The van der Waals surface area contributed by atoms with Crippen LogP contribution in [0.25, 0.3) is 0 Å². The van der Waals surface area contributed by atoms with E-state index in [0.717, 1.165) is 22.6 Å². The highest BCUT2D eigenvalue weighted by molar-refractivity contribution is 5.73. The van der Waals surface area contributed by atoms with Crippen LogP contribution in [0.2, 0.25) is 0 Å². The standard InChI is InChI=1S/C18H16O5/c19-18(14-8-13-3-1-2-4-15(13)20-10-14)21-9-12-5-6-16-17(7-12)23-11-22-16/h1-7,14H,8-11H2. The average Bonchev–Trinajstić information content (AvgIpc) is 3.07. The Labute approximate surface area is 133 Å². The predicted molar refractivity (Wildman–Crippen MR) is 81.5 cm³/mol. The zero-order chi connectivity index (χ0) is 15.6. The fraction of sp³-hybridized carbons (Fsp3) is 0.278. The van der Waals surface area contributed by atoms with Gasteiger partial charge in [0.05, 0.1) is 5.92 Å². The van der Waals surface area contributed by atoms with E-state index in [4.69, 9.17) is 18.9 Å². The number of rotatable bonds is 3. The maximum Gasteiger partial charge on any atom is 0.313 e. The van der Waals surface area contributed by atoms with E-state index in [1.165, 1.54) is 0 Å². The minimum absolute atomic E-state index is 0.216. The first kappa shape index (κ1) is 13.9. The molecule has 2 heterocycles. The number of carbonyl (C=O) groups is 1. The van der Waals surface area contributed by atoms with Gasteiger partial charge in [0, 0.05) is 0 Å². The van der Waals surface area contributed by atoms with Crippen LogP contribution in [0.3, 0.4) is 0 Å². The Bertz CT molecular complexity index is 740. The molecule has 0 radical (unpaired) electrons. The summed E-state index contributed by atoms with van der Waals surface area (Å²) in [5.41, 5.74) is 1.92. The highest BCUT2D eigenvalue weighted by Crippen LogP contribution is 2.33. The van der Waals surface area contributed by atoms with Crippen LogP contribution in [0.15, 0.2) is 42.5 Å². The van der Waals surface area contributed by atoms with Gasteiger partial charge in [0.2, 0.25) is 6.79 Å². The van der Waals surface area contributed by atoms with Crippen LogP contribution in [0, 0.1) is 5.92 Å². The van der Waals surface area contributed by atoms with E-state index in [2.05, 4.69) is 0 Å². The third-order valence-electron chi connectivity index (χ3n) is 4.03. The highest BCUT2D eigenvalue weighted by atomic mass is 16.7. The van der Waals surface area contributed by atoms with Gasteiger partial charge in [-0.05, 0) is 35.7 Å². The van der Waals surface area contributed by atoms with Crippen molar-refractivity contribution in [3.63, 3.8) is 0 Å². The minimum Gasteiger partial charge on any atom is -0.492 e. The van der Waals surface area contributed by atoms with Gasteiger partial charge in [-0.25, -0.2) is 0 Å². The summed E-state index contributed by atoms with van der Waals surface area (Å²) in [6, 6.07) is 13.3. The molecule has 4 rings (SSSR count). The monoisotopic (exact) mass is 312 g/mol. The number of carbonyl (C=O) groups excluding carboxylic acids is 1. The maximum atomic E-state index is 12.3. The van der Waals surface area contributed by atoms with Crippen LogP contribution in [-0.4, -0.2) is 19.4 Å². The molecule has 5 heteroatoms. The first-order valence-corrected chi connectivity index (χ1v) is 7.55. The Kier molecular flexibility index (Phi) is 3.54. The van der Waals surface area contributed by atoms with E-state index < -0.39 is 0 Å². The van der Waals surface area contributed by atoms with Crippen LogP contribution in [0.4, 0.5) is 0 Å². The van der Waals surface area contributed by atoms with Gasteiger partial charge >= 0.3 is 5.97 Å². The fourth-order valence-corrected chi connectivity index (χ4v) is 2.78. The number of para-hydroxylation sites is 1. The van der Waals surface area contributed by atoms with Gasteiger partial charge in [0.15, 0.2) is 11.5 Å². The van der Waals surface area contributed by atoms with Gasteiger partial charge in [0.25, 0.3) is 0 Å². The molecule has 0 bridgehead atoms. The van der Waals surface area contributed by atoms with Crippen molar-refractivity contribution in [2.75, 3.05) is 13.4 Å². The Morgan fingerprint density at radius 2 is 1.91 bits per heavy atom. The van der Waals surface area contributed by atoms with Crippen LogP contribution in [-0.2, 0) is 22.6 Å². The summed E-state index contributed by atoms with van der Waals surface area (Å²) in [6.07, 6.45) is 0.649. The van der Waals surface area contributed by atoms with Crippen molar-refractivity contribution in [3.8, 4) is 17.2 Å². The van der Waals surface area contributed by atoms with Crippen molar-refractivity contribution in [2.45, 2.75) is 13.0 Å². The molecule has 1 unspecified atom stereocenters. The SMILES string of the molecule is O=C(OCc1ccc2c(c1)OCO2)C1COc2ccccc2C1. The summed E-state index contributed by atoms with van der Waals surface area (Å²) < 4.78 is 21.6. The van der Waals surface area contributed by atoms with Crippen LogP contribution >= 0.6 is 0 Å². The summed E-state index contributed by atoms with van der Waals surface area (Å²) in [5, 5.41) is 0. The van der Waals surface area contributed by atoms with Crippen molar-refractivity contribution < 1.29 is 23.7 Å². The topological polar surface area (TPSA) is 54.0 Å². The molecule has 0 spiro atoms. The lowest BCUT2D eigenvalue weighted by molar-refractivity contribution is -0.151. The van der Waals surface area contributed by atoms with Crippen LogP contribution in [0.5, 0.6) is 17.2 Å². The zero-order valence-electron chi connectivity index (χ0n) is 12.5. The lowest BCUT2D eigenvalue weighted by atomic mass is 9.97. The molecular weight excluding hydrogens is 296 g/mol. The minimum atomic E-state index is -0.265. The van der Waals surface area contributed by atoms with E-state index in [0.29, 0.717) is 18.8 Å². The van der Waals surface area contributed by atoms with E-state index in [9.17, 15) is 4.79 Å². The Hall–Kier alpha value is -2.69. The molecule has 2 aliphatic heterocycles. The second-order valence-electron chi connectivity index (χ2n) is 5.62.